The first-order valence-corrected chi connectivity index (χ1v) is 10.00. The minimum absolute atomic E-state index is 0.0879. The molecular weight excluding hydrogens is 426 g/mol. The molecule has 0 aliphatic carbocycles. The van der Waals surface area contributed by atoms with Gasteiger partial charge in [0.25, 0.3) is 5.91 Å². The van der Waals surface area contributed by atoms with E-state index in [-0.39, 0.29) is 5.69 Å². The molecule has 0 spiro atoms. The average Bonchev–Trinajstić information content (AvgIpc) is 3.41. The highest BCUT2D eigenvalue weighted by Gasteiger charge is 2.20. The molecule has 11 heteroatoms. The summed E-state index contributed by atoms with van der Waals surface area (Å²) >= 11 is 1.27. The Kier molecular flexibility index (Phi) is 5.85. The van der Waals surface area contributed by atoms with Crippen LogP contribution in [0.4, 0.5) is 10.5 Å². The third kappa shape index (κ3) is 4.83. The number of thiazole rings is 1. The number of imide groups is 1. The predicted molar refractivity (Wildman–Crippen MR) is 109 cm³/mol. The fourth-order valence-corrected chi connectivity index (χ4v) is 3.61. The van der Waals surface area contributed by atoms with Crippen LogP contribution in [0.15, 0.2) is 41.0 Å². The maximum atomic E-state index is 12.3. The van der Waals surface area contributed by atoms with Gasteiger partial charge in [-0.25, -0.2) is 14.6 Å². The van der Waals surface area contributed by atoms with Crippen molar-refractivity contribution in [1.82, 2.24) is 10.3 Å². The number of amides is 3. The second-order valence-corrected chi connectivity index (χ2v) is 7.54. The molecule has 10 nitrogen and oxygen atoms in total. The zero-order chi connectivity index (χ0) is 21.8. The van der Waals surface area contributed by atoms with Crippen LogP contribution in [0.1, 0.15) is 15.4 Å². The van der Waals surface area contributed by atoms with Crippen molar-refractivity contribution < 1.29 is 33.0 Å². The van der Waals surface area contributed by atoms with Crippen LogP contribution in [-0.2, 0) is 9.53 Å². The van der Waals surface area contributed by atoms with Gasteiger partial charge >= 0.3 is 12.0 Å². The highest BCUT2D eigenvalue weighted by Crippen LogP contribution is 2.32. The van der Waals surface area contributed by atoms with Crippen LogP contribution in [-0.4, -0.2) is 42.7 Å². The Balaban J connectivity index is 1.28. The van der Waals surface area contributed by atoms with Crippen LogP contribution in [0.2, 0.25) is 0 Å². The summed E-state index contributed by atoms with van der Waals surface area (Å²) in [6, 6.07) is 7.51. The van der Waals surface area contributed by atoms with Crippen molar-refractivity contribution in [2.24, 2.45) is 0 Å². The first-order valence-electron chi connectivity index (χ1n) is 9.18. The Morgan fingerprint density at radius 3 is 2.74 bits per heavy atom. The van der Waals surface area contributed by atoms with Crippen molar-refractivity contribution in [3.8, 4) is 22.3 Å². The molecule has 3 heterocycles. The summed E-state index contributed by atoms with van der Waals surface area (Å²) in [4.78, 5) is 41.0. The molecule has 31 heavy (non-hydrogen) atoms. The number of hydrogen-bond acceptors (Lipinski definition) is 9. The van der Waals surface area contributed by atoms with Crippen molar-refractivity contribution in [3.63, 3.8) is 0 Å². The van der Waals surface area contributed by atoms with Gasteiger partial charge in [-0.15, -0.1) is 11.3 Å². The molecule has 0 saturated carbocycles. The molecule has 2 aromatic heterocycles. The summed E-state index contributed by atoms with van der Waals surface area (Å²) in [7, 11) is 0. The molecule has 0 fully saturated rings. The topological polar surface area (TPSA) is 129 Å². The van der Waals surface area contributed by atoms with Gasteiger partial charge in [0, 0.05) is 16.6 Å². The monoisotopic (exact) mass is 443 g/mol. The second-order valence-electron chi connectivity index (χ2n) is 6.34. The van der Waals surface area contributed by atoms with Crippen LogP contribution in [0.3, 0.4) is 0 Å². The number of nitrogens with one attached hydrogen (secondary N) is 2. The second kappa shape index (κ2) is 8.88. The number of rotatable bonds is 5. The van der Waals surface area contributed by atoms with Crippen molar-refractivity contribution in [3.05, 3.63) is 47.2 Å². The van der Waals surface area contributed by atoms with Crippen molar-refractivity contribution >= 4 is 34.9 Å². The molecule has 3 aromatic rings. The largest absolute Gasteiger partial charge is 0.486 e. The lowest BCUT2D eigenvalue weighted by Crippen LogP contribution is -2.37. The van der Waals surface area contributed by atoms with E-state index < -0.39 is 24.5 Å². The number of aromatic nitrogens is 1. The molecule has 0 bridgehead atoms. The Labute approximate surface area is 180 Å². The van der Waals surface area contributed by atoms with E-state index in [9.17, 15) is 14.4 Å². The normalized spacial score (nSPS) is 12.2. The molecule has 0 saturated heterocycles. The van der Waals surface area contributed by atoms with E-state index in [1.165, 1.54) is 17.6 Å². The number of carbonyl (C=O) groups excluding carboxylic acids is 3. The van der Waals surface area contributed by atoms with E-state index in [0.29, 0.717) is 46.0 Å². The van der Waals surface area contributed by atoms with Crippen molar-refractivity contribution in [2.75, 3.05) is 25.1 Å². The van der Waals surface area contributed by atoms with Gasteiger partial charge in [-0.3, -0.25) is 10.1 Å². The summed E-state index contributed by atoms with van der Waals surface area (Å²) in [5, 5.41) is 5.11. The SMILES string of the molecule is Cc1sc(-c2ccco2)nc1C(=O)OCC(=O)NC(=O)Nc1ccc2c(c1)OCCO2. The van der Waals surface area contributed by atoms with E-state index in [1.807, 2.05) is 0 Å². The Bertz CT molecular complexity index is 1120. The lowest BCUT2D eigenvalue weighted by atomic mass is 10.2. The summed E-state index contributed by atoms with van der Waals surface area (Å²) < 4.78 is 21.1. The number of aryl methyl sites for hydroxylation is 1. The molecule has 1 aromatic carbocycles. The molecule has 1 aliphatic heterocycles. The predicted octanol–water partition coefficient (Wildman–Crippen LogP) is 2.99. The van der Waals surface area contributed by atoms with Gasteiger partial charge in [-0.2, -0.15) is 0 Å². The van der Waals surface area contributed by atoms with Gasteiger partial charge in [-0.05, 0) is 31.2 Å². The third-order valence-corrected chi connectivity index (χ3v) is 5.09. The minimum Gasteiger partial charge on any atom is -0.486 e. The average molecular weight is 443 g/mol. The van der Waals surface area contributed by atoms with Crippen LogP contribution in [0.25, 0.3) is 10.8 Å². The Hall–Kier alpha value is -3.86. The maximum absolute atomic E-state index is 12.3. The quantitative estimate of drug-likeness (QED) is 0.576. The number of carbonyl (C=O) groups is 3. The van der Waals surface area contributed by atoms with Gasteiger partial charge in [0.1, 0.15) is 13.2 Å². The number of urea groups is 1. The fraction of sp³-hybridized carbons (Fsp3) is 0.200. The van der Waals surface area contributed by atoms with Gasteiger partial charge in [0.2, 0.25) is 0 Å². The Morgan fingerprint density at radius 2 is 1.97 bits per heavy atom. The molecule has 1 aliphatic rings. The van der Waals surface area contributed by atoms with Gasteiger partial charge in [0.05, 0.1) is 6.26 Å². The van der Waals surface area contributed by atoms with E-state index >= 15 is 0 Å². The highest BCUT2D eigenvalue weighted by atomic mass is 32.1. The summed E-state index contributed by atoms with van der Waals surface area (Å²) in [6.07, 6.45) is 1.50. The zero-order valence-corrected chi connectivity index (χ0v) is 17.1. The number of anilines is 1. The number of fused-ring (bicyclic) bond motifs is 1. The third-order valence-electron chi connectivity index (χ3n) is 4.11. The smallest absolute Gasteiger partial charge is 0.358 e. The maximum Gasteiger partial charge on any atom is 0.358 e. The van der Waals surface area contributed by atoms with E-state index in [2.05, 4.69) is 15.6 Å². The summed E-state index contributed by atoms with van der Waals surface area (Å²) in [5.41, 5.74) is 0.500. The van der Waals surface area contributed by atoms with Crippen molar-refractivity contribution in [2.45, 2.75) is 6.92 Å². The van der Waals surface area contributed by atoms with Crippen LogP contribution in [0.5, 0.6) is 11.5 Å². The van der Waals surface area contributed by atoms with Gasteiger partial charge in [0.15, 0.2) is 34.6 Å². The lowest BCUT2D eigenvalue weighted by Gasteiger charge is -2.19. The lowest BCUT2D eigenvalue weighted by molar-refractivity contribution is -0.123. The molecule has 3 amide bonds. The minimum atomic E-state index is -0.789. The number of esters is 1. The molecule has 0 radical (unpaired) electrons. The standard InChI is InChI=1S/C20H17N3O7S/c1-11-17(23-18(31-11)14-3-2-6-27-14)19(25)30-10-16(24)22-20(26)21-12-4-5-13-15(9-12)29-8-7-28-13/h2-6,9H,7-8,10H2,1H3,(H2,21,22,24,26). The van der Waals surface area contributed by atoms with Crippen LogP contribution >= 0.6 is 11.3 Å². The molecular formula is C20H17N3O7S. The van der Waals surface area contributed by atoms with Crippen molar-refractivity contribution in [1.29, 1.82) is 0 Å². The number of furan rings is 1. The first kappa shape index (κ1) is 20.4. The Morgan fingerprint density at radius 1 is 1.16 bits per heavy atom. The highest BCUT2D eigenvalue weighted by molar-refractivity contribution is 7.15. The fourth-order valence-electron chi connectivity index (χ4n) is 2.74. The zero-order valence-electron chi connectivity index (χ0n) is 16.3. The number of ether oxygens (including phenoxy) is 3. The van der Waals surface area contributed by atoms with E-state index in [4.69, 9.17) is 18.6 Å². The van der Waals surface area contributed by atoms with Gasteiger partial charge < -0.3 is 23.9 Å². The number of nitrogens with zero attached hydrogens (tertiary/aromatic N) is 1. The first-order chi connectivity index (χ1) is 15.0. The van der Waals surface area contributed by atoms with Crippen LogP contribution < -0.4 is 20.1 Å². The molecule has 0 unspecified atom stereocenters. The molecule has 160 valence electrons. The number of hydrogen-bond donors (Lipinski definition) is 2. The molecule has 0 atom stereocenters. The van der Waals surface area contributed by atoms with Crippen LogP contribution in [0, 0.1) is 6.92 Å². The van der Waals surface area contributed by atoms with Gasteiger partial charge in [-0.1, -0.05) is 0 Å². The summed E-state index contributed by atoms with van der Waals surface area (Å²) in [6.45, 7) is 1.94. The van der Waals surface area contributed by atoms with E-state index in [0.717, 1.165) is 0 Å². The summed E-state index contributed by atoms with van der Waals surface area (Å²) in [5.74, 6) is 0.0433. The number of benzene rings is 1. The molecule has 2 N–H and O–H groups in total. The molecule has 4 rings (SSSR count). The van der Waals surface area contributed by atoms with E-state index in [1.54, 1.807) is 37.3 Å².